The largest absolute Gasteiger partial charge is 0.399 e. The fourth-order valence-corrected chi connectivity index (χ4v) is 3.16. The summed E-state index contributed by atoms with van der Waals surface area (Å²) >= 11 is 1.00. The van der Waals surface area contributed by atoms with E-state index in [1.165, 1.54) is 24.4 Å². The first-order chi connectivity index (χ1) is 9.83. The zero-order valence-electron chi connectivity index (χ0n) is 10.9. The molecule has 0 saturated heterocycles. The Morgan fingerprint density at radius 1 is 1.52 bits per heavy atom. The second-order valence-electron chi connectivity index (χ2n) is 4.20. The predicted octanol–water partition coefficient (Wildman–Crippen LogP) is 2.19. The highest BCUT2D eigenvalue weighted by molar-refractivity contribution is 7.93. The molecule has 21 heavy (non-hydrogen) atoms. The van der Waals surface area contributed by atoms with Crippen LogP contribution in [0.1, 0.15) is 6.92 Å². The minimum Gasteiger partial charge on any atom is -0.399 e. The molecule has 0 amide bonds. The van der Waals surface area contributed by atoms with E-state index in [4.69, 9.17) is 11.0 Å². The summed E-state index contributed by atoms with van der Waals surface area (Å²) in [6.45, 7) is 1.26. The monoisotopic (exact) mass is 326 g/mol. The van der Waals surface area contributed by atoms with Gasteiger partial charge in [-0.25, -0.2) is 17.8 Å². The minimum atomic E-state index is -3.83. The van der Waals surface area contributed by atoms with Crippen LogP contribution in [0.2, 0.25) is 0 Å². The van der Waals surface area contributed by atoms with Crippen LogP contribution in [0, 0.1) is 17.1 Å². The number of thiazole rings is 1. The summed E-state index contributed by atoms with van der Waals surface area (Å²) in [7, 11) is -3.83. The number of nitrogen functional groups attached to an aromatic ring is 1. The first-order valence-corrected chi connectivity index (χ1v) is 8.18. The van der Waals surface area contributed by atoms with Crippen LogP contribution < -0.4 is 10.5 Å². The Kier molecular flexibility index (Phi) is 4.11. The third-order valence-corrected chi connectivity index (χ3v) is 5.05. The molecule has 0 saturated carbocycles. The van der Waals surface area contributed by atoms with E-state index in [-0.39, 0.29) is 16.4 Å². The molecule has 0 bridgehead atoms. The Morgan fingerprint density at radius 3 is 2.86 bits per heavy atom. The number of halogens is 1. The van der Waals surface area contributed by atoms with Crippen molar-refractivity contribution in [1.82, 2.24) is 4.98 Å². The van der Waals surface area contributed by atoms with Crippen molar-refractivity contribution in [2.45, 2.75) is 12.2 Å². The van der Waals surface area contributed by atoms with Gasteiger partial charge in [0.15, 0.2) is 10.4 Å². The molecule has 0 aliphatic carbocycles. The van der Waals surface area contributed by atoms with E-state index in [9.17, 15) is 12.8 Å². The molecule has 1 atom stereocenters. The van der Waals surface area contributed by atoms with Gasteiger partial charge in [-0.3, -0.25) is 4.72 Å². The lowest BCUT2D eigenvalue weighted by Gasteiger charge is -2.05. The van der Waals surface area contributed by atoms with Gasteiger partial charge in [-0.05, 0) is 25.1 Å². The number of hydrogen-bond donors (Lipinski definition) is 2. The summed E-state index contributed by atoms with van der Waals surface area (Å²) in [6.07, 6.45) is 0. The van der Waals surface area contributed by atoms with Crippen molar-refractivity contribution in [2.24, 2.45) is 0 Å². The van der Waals surface area contributed by atoms with Crippen LogP contribution in [0.25, 0.3) is 11.3 Å². The first kappa shape index (κ1) is 15.2. The van der Waals surface area contributed by atoms with Crippen molar-refractivity contribution in [3.8, 4) is 17.3 Å². The maximum atomic E-state index is 13.8. The third-order valence-electron chi connectivity index (χ3n) is 2.65. The Balaban J connectivity index is 2.29. The van der Waals surface area contributed by atoms with Crippen LogP contribution in [0.5, 0.6) is 0 Å². The molecule has 2 rings (SSSR count). The van der Waals surface area contributed by atoms with E-state index in [1.54, 1.807) is 6.07 Å². The van der Waals surface area contributed by atoms with Crippen molar-refractivity contribution in [2.75, 3.05) is 10.5 Å². The number of aromatic nitrogens is 1. The fourth-order valence-electron chi connectivity index (χ4n) is 1.46. The summed E-state index contributed by atoms with van der Waals surface area (Å²) in [5, 5.41) is 9.03. The van der Waals surface area contributed by atoms with E-state index in [0.29, 0.717) is 5.69 Å². The number of sulfonamides is 1. The maximum Gasteiger partial charge on any atom is 0.250 e. The molecular formula is C12H11FN4O2S2. The molecule has 1 heterocycles. The average Bonchev–Trinajstić information content (AvgIpc) is 2.85. The molecule has 0 radical (unpaired) electrons. The lowest BCUT2D eigenvalue weighted by atomic mass is 10.1. The average molecular weight is 326 g/mol. The van der Waals surface area contributed by atoms with Crippen LogP contribution in [-0.2, 0) is 10.0 Å². The summed E-state index contributed by atoms with van der Waals surface area (Å²) in [5.41, 5.74) is 6.26. The highest BCUT2D eigenvalue weighted by Crippen LogP contribution is 2.28. The molecule has 9 heteroatoms. The molecule has 1 aromatic heterocycles. The number of nitrogens with zero attached hydrogens (tertiary/aromatic N) is 2. The number of hydrogen-bond acceptors (Lipinski definition) is 6. The van der Waals surface area contributed by atoms with Crippen molar-refractivity contribution in [3.63, 3.8) is 0 Å². The van der Waals surface area contributed by atoms with Gasteiger partial charge in [-0.1, -0.05) is 0 Å². The summed E-state index contributed by atoms with van der Waals surface area (Å²) in [4.78, 5) is 4.01. The Labute approximate surface area is 125 Å². The van der Waals surface area contributed by atoms with Crippen LogP contribution >= 0.6 is 11.3 Å². The zero-order chi connectivity index (χ0) is 15.6. The SMILES string of the molecule is CC(C#N)S(=O)(=O)Nc1nc(-c2ccc(N)cc2F)cs1. The second kappa shape index (κ2) is 5.67. The van der Waals surface area contributed by atoms with E-state index in [2.05, 4.69) is 9.71 Å². The molecule has 0 aliphatic rings. The van der Waals surface area contributed by atoms with Gasteiger partial charge in [-0.15, -0.1) is 11.3 Å². The van der Waals surface area contributed by atoms with Crippen LogP contribution in [0.4, 0.5) is 15.2 Å². The Bertz CT molecular complexity index is 811. The standard InChI is InChI=1S/C12H11FN4O2S2/c1-7(5-14)21(18,19)17-12-16-11(6-20-12)9-3-2-8(15)4-10(9)13/h2-4,6-7H,15H2,1H3,(H,16,17). The lowest BCUT2D eigenvalue weighted by Crippen LogP contribution is -2.23. The van der Waals surface area contributed by atoms with Gasteiger partial charge in [0.05, 0.1) is 11.8 Å². The number of nitrogens with two attached hydrogens (primary N) is 1. The van der Waals surface area contributed by atoms with Gasteiger partial charge in [0.25, 0.3) is 10.0 Å². The van der Waals surface area contributed by atoms with E-state index < -0.39 is 21.1 Å². The molecule has 3 N–H and O–H groups in total. The maximum absolute atomic E-state index is 13.8. The van der Waals surface area contributed by atoms with Crippen molar-refractivity contribution < 1.29 is 12.8 Å². The molecular weight excluding hydrogens is 315 g/mol. The molecule has 6 nitrogen and oxygen atoms in total. The molecule has 110 valence electrons. The van der Waals surface area contributed by atoms with Gasteiger partial charge >= 0.3 is 0 Å². The fraction of sp³-hybridized carbons (Fsp3) is 0.167. The molecule has 1 aromatic carbocycles. The van der Waals surface area contributed by atoms with Crippen molar-refractivity contribution in [3.05, 3.63) is 29.4 Å². The van der Waals surface area contributed by atoms with Gasteiger partial charge in [0, 0.05) is 16.6 Å². The molecule has 1 unspecified atom stereocenters. The Morgan fingerprint density at radius 2 is 2.24 bits per heavy atom. The second-order valence-corrected chi connectivity index (χ2v) is 7.05. The van der Waals surface area contributed by atoms with Crippen LogP contribution in [0.15, 0.2) is 23.6 Å². The molecule has 2 aromatic rings. The van der Waals surface area contributed by atoms with E-state index in [0.717, 1.165) is 17.4 Å². The van der Waals surface area contributed by atoms with Crippen molar-refractivity contribution >= 4 is 32.2 Å². The van der Waals surface area contributed by atoms with Gasteiger partial charge in [0.1, 0.15) is 5.82 Å². The minimum absolute atomic E-state index is 0.0725. The summed E-state index contributed by atoms with van der Waals surface area (Å²) in [5.74, 6) is -0.542. The first-order valence-electron chi connectivity index (χ1n) is 5.75. The predicted molar refractivity (Wildman–Crippen MR) is 79.5 cm³/mol. The number of nitrogens with one attached hydrogen (secondary N) is 1. The van der Waals surface area contributed by atoms with E-state index in [1.807, 2.05) is 0 Å². The van der Waals surface area contributed by atoms with Gasteiger partial charge < -0.3 is 5.73 Å². The lowest BCUT2D eigenvalue weighted by molar-refractivity contribution is 0.597. The molecule has 0 spiro atoms. The third kappa shape index (κ3) is 3.29. The van der Waals surface area contributed by atoms with Crippen LogP contribution in [0.3, 0.4) is 0 Å². The topological polar surface area (TPSA) is 109 Å². The Hall–Kier alpha value is -2.18. The normalized spacial score (nSPS) is 12.6. The number of anilines is 2. The number of rotatable bonds is 4. The smallest absolute Gasteiger partial charge is 0.250 e. The number of nitriles is 1. The highest BCUT2D eigenvalue weighted by atomic mass is 32.2. The van der Waals surface area contributed by atoms with Gasteiger partial charge in [0.2, 0.25) is 0 Å². The quantitative estimate of drug-likeness (QED) is 0.837. The molecule has 0 aliphatic heterocycles. The van der Waals surface area contributed by atoms with E-state index >= 15 is 0 Å². The zero-order valence-corrected chi connectivity index (χ0v) is 12.5. The summed E-state index contributed by atoms with van der Waals surface area (Å²) < 4.78 is 39.4. The van der Waals surface area contributed by atoms with Gasteiger partial charge in [-0.2, -0.15) is 5.26 Å². The highest BCUT2D eigenvalue weighted by Gasteiger charge is 2.21. The summed E-state index contributed by atoms with van der Waals surface area (Å²) in [6, 6.07) is 5.79. The van der Waals surface area contributed by atoms with Crippen LogP contribution in [-0.4, -0.2) is 18.7 Å². The van der Waals surface area contributed by atoms with Crippen molar-refractivity contribution in [1.29, 1.82) is 5.26 Å². The molecule has 0 fully saturated rings. The number of benzene rings is 1.